The van der Waals surface area contributed by atoms with E-state index in [9.17, 15) is 17.2 Å². The highest BCUT2D eigenvalue weighted by Gasteiger charge is 2.13. The van der Waals surface area contributed by atoms with Gasteiger partial charge in [-0.05, 0) is 24.3 Å². The van der Waals surface area contributed by atoms with Crippen LogP contribution in [0.5, 0.6) is 5.75 Å². The summed E-state index contributed by atoms with van der Waals surface area (Å²) in [6.07, 6.45) is 0. The van der Waals surface area contributed by atoms with Crippen LogP contribution < -0.4 is 15.2 Å². The van der Waals surface area contributed by atoms with Gasteiger partial charge in [0.2, 0.25) is 5.09 Å². The number of primary sulfonamides is 1. The lowest BCUT2D eigenvalue weighted by Gasteiger charge is -2.08. The molecule has 9 heteroatoms. The maximum atomic E-state index is 12.1. The summed E-state index contributed by atoms with van der Waals surface area (Å²) in [5.74, 6) is 0.346. The Morgan fingerprint density at radius 3 is 2.67 bits per heavy atom. The highest BCUT2D eigenvalue weighted by Crippen LogP contribution is 2.20. The van der Waals surface area contributed by atoms with E-state index >= 15 is 0 Å². The largest absolute Gasteiger partial charge is 0.446 e. The molecule has 0 fully saturated rings. The molecule has 0 aliphatic carbocycles. The van der Waals surface area contributed by atoms with E-state index in [1.54, 1.807) is 6.07 Å². The fourth-order valence-electron chi connectivity index (χ4n) is 1.58. The van der Waals surface area contributed by atoms with Gasteiger partial charge in [0.1, 0.15) is 11.5 Å². The molecule has 114 valence electrons. The number of nitrogens with one attached hydrogen (secondary N) is 1. The highest BCUT2D eigenvalue weighted by atomic mass is 32.2. The zero-order valence-corrected chi connectivity index (χ0v) is 11.4. The first-order valence-electron chi connectivity index (χ1n) is 5.75. The third-order valence-corrected chi connectivity index (χ3v) is 3.22. The van der Waals surface area contributed by atoms with Gasteiger partial charge in [-0.2, -0.15) is 8.78 Å². The number of rotatable bonds is 6. The second kappa shape index (κ2) is 6.10. The van der Waals surface area contributed by atoms with Gasteiger partial charge in [-0.3, -0.25) is 0 Å². The van der Waals surface area contributed by atoms with Gasteiger partial charge in [0, 0.05) is 11.8 Å². The number of hydrogen-bond acceptors (Lipinski definition) is 5. The van der Waals surface area contributed by atoms with Crippen LogP contribution in [0.25, 0.3) is 0 Å². The fraction of sp³-hybridized carbons (Fsp3) is 0.167. The Labute approximate surface area is 119 Å². The summed E-state index contributed by atoms with van der Waals surface area (Å²) in [4.78, 5) is 0. The van der Waals surface area contributed by atoms with Crippen LogP contribution in [-0.2, 0) is 16.6 Å². The van der Waals surface area contributed by atoms with Crippen molar-refractivity contribution in [1.82, 2.24) is 0 Å². The molecule has 0 saturated heterocycles. The summed E-state index contributed by atoms with van der Waals surface area (Å²) in [7, 11) is -3.88. The van der Waals surface area contributed by atoms with Gasteiger partial charge in [-0.1, -0.05) is 6.07 Å². The number of anilines is 1. The molecular formula is C12H12F2N2O4S. The van der Waals surface area contributed by atoms with Crippen molar-refractivity contribution in [1.29, 1.82) is 0 Å². The Balaban J connectivity index is 2.01. The van der Waals surface area contributed by atoms with Gasteiger partial charge >= 0.3 is 6.61 Å². The predicted molar refractivity (Wildman–Crippen MR) is 70.5 cm³/mol. The lowest BCUT2D eigenvalue weighted by molar-refractivity contribution is -0.0498. The molecular weight excluding hydrogens is 306 g/mol. The van der Waals surface area contributed by atoms with E-state index < -0.39 is 16.6 Å². The number of hydrogen-bond donors (Lipinski definition) is 2. The molecule has 1 heterocycles. The lowest BCUT2D eigenvalue weighted by Crippen LogP contribution is -2.10. The number of furan rings is 1. The van der Waals surface area contributed by atoms with E-state index in [0.29, 0.717) is 11.4 Å². The molecule has 0 aliphatic rings. The van der Waals surface area contributed by atoms with Crippen molar-refractivity contribution >= 4 is 15.7 Å². The Kier molecular flexibility index (Phi) is 4.43. The number of alkyl halides is 2. The molecule has 1 aromatic carbocycles. The quantitative estimate of drug-likeness (QED) is 0.851. The van der Waals surface area contributed by atoms with Crippen LogP contribution in [-0.4, -0.2) is 15.0 Å². The molecule has 3 N–H and O–H groups in total. The van der Waals surface area contributed by atoms with Crippen LogP contribution in [0.2, 0.25) is 0 Å². The van der Waals surface area contributed by atoms with Crippen molar-refractivity contribution in [2.75, 3.05) is 5.32 Å². The summed E-state index contributed by atoms with van der Waals surface area (Å²) >= 11 is 0. The first-order chi connectivity index (χ1) is 9.84. The first kappa shape index (κ1) is 15.3. The molecule has 0 bridgehead atoms. The summed E-state index contributed by atoms with van der Waals surface area (Å²) in [6, 6.07) is 8.65. The summed E-state index contributed by atoms with van der Waals surface area (Å²) in [5, 5.41) is 7.46. The molecule has 0 aliphatic heterocycles. The summed E-state index contributed by atoms with van der Waals surface area (Å²) < 4.78 is 55.6. The molecule has 0 saturated carbocycles. The fourth-order valence-corrected chi connectivity index (χ4v) is 2.06. The Morgan fingerprint density at radius 1 is 1.29 bits per heavy atom. The van der Waals surface area contributed by atoms with Crippen molar-refractivity contribution < 1.29 is 26.4 Å². The van der Waals surface area contributed by atoms with Crippen molar-refractivity contribution in [3.8, 4) is 5.75 Å². The average molecular weight is 318 g/mol. The van der Waals surface area contributed by atoms with Crippen LogP contribution in [0.1, 0.15) is 5.76 Å². The molecule has 6 nitrogen and oxygen atoms in total. The second-order valence-electron chi connectivity index (χ2n) is 4.03. The second-order valence-corrected chi connectivity index (χ2v) is 5.52. The van der Waals surface area contributed by atoms with Crippen LogP contribution in [0.3, 0.4) is 0 Å². The zero-order valence-electron chi connectivity index (χ0n) is 10.6. The lowest BCUT2D eigenvalue weighted by atomic mass is 10.3. The zero-order chi connectivity index (χ0) is 15.5. The average Bonchev–Trinajstić information content (AvgIpc) is 2.84. The Hall–Kier alpha value is -2.13. The van der Waals surface area contributed by atoms with Gasteiger partial charge < -0.3 is 14.5 Å². The smallest absolute Gasteiger partial charge is 0.387 e. The summed E-state index contributed by atoms with van der Waals surface area (Å²) in [5.41, 5.74) is 0.515. The molecule has 0 spiro atoms. The molecule has 21 heavy (non-hydrogen) atoms. The van der Waals surface area contributed by atoms with Gasteiger partial charge in [0.25, 0.3) is 10.0 Å². The molecule has 0 atom stereocenters. The highest BCUT2D eigenvalue weighted by molar-refractivity contribution is 7.89. The molecule has 2 rings (SSSR count). The number of nitrogens with two attached hydrogens (primary N) is 1. The van der Waals surface area contributed by atoms with Crippen LogP contribution >= 0.6 is 0 Å². The number of benzene rings is 1. The standard InChI is InChI=1S/C12H12F2N2O4S/c13-12(14)20-9-3-1-2-8(6-9)16-7-10-4-5-11(19-10)21(15,17)18/h1-6,12,16H,7H2,(H2,15,17,18). The normalized spacial score (nSPS) is 11.6. The van der Waals surface area contributed by atoms with Crippen LogP contribution in [0, 0.1) is 0 Å². The number of ether oxygens (including phenoxy) is 1. The predicted octanol–water partition coefficient (Wildman–Crippen LogP) is 2.14. The maximum Gasteiger partial charge on any atom is 0.387 e. The van der Waals surface area contributed by atoms with Crippen LogP contribution in [0.15, 0.2) is 45.9 Å². The van der Waals surface area contributed by atoms with E-state index in [-0.39, 0.29) is 17.4 Å². The van der Waals surface area contributed by atoms with Crippen molar-refractivity contribution in [2.24, 2.45) is 5.14 Å². The minimum absolute atomic E-state index is 0.0136. The third kappa shape index (κ3) is 4.43. The van der Waals surface area contributed by atoms with Gasteiger partial charge in [0.15, 0.2) is 0 Å². The van der Waals surface area contributed by atoms with E-state index in [2.05, 4.69) is 10.1 Å². The molecule has 0 radical (unpaired) electrons. The minimum Gasteiger partial charge on any atom is -0.446 e. The van der Waals surface area contributed by atoms with Gasteiger partial charge in [0.05, 0.1) is 6.54 Å². The van der Waals surface area contributed by atoms with Crippen molar-refractivity contribution in [2.45, 2.75) is 18.2 Å². The first-order valence-corrected chi connectivity index (χ1v) is 7.29. The van der Waals surface area contributed by atoms with E-state index in [0.717, 1.165) is 0 Å². The van der Waals surface area contributed by atoms with Crippen LogP contribution in [0.4, 0.5) is 14.5 Å². The minimum atomic E-state index is -3.88. The third-order valence-electron chi connectivity index (χ3n) is 2.44. The van der Waals surface area contributed by atoms with Crippen molar-refractivity contribution in [3.63, 3.8) is 0 Å². The maximum absolute atomic E-state index is 12.1. The molecule has 1 aromatic heterocycles. The van der Waals surface area contributed by atoms with Crippen molar-refractivity contribution in [3.05, 3.63) is 42.2 Å². The Bertz CT molecular complexity index is 716. The molecule has 0 amide bonds. The molecule has 0 unspecified atom stereocenters. The van der Waals surface area contributed by atoms with E-state index in [1.165, 1.54) is 30.3 Å². The van der Waals surface area contributed by atoms with Gasteiger partial charge in [-0.15, -0.1) is 0 Å². The number of halogens is 2. The topological polar surface area (TPSA) is 94.6 Å². The Morgan fingerprint density at radius 2 is 2.05 bits per heavy atom. The van der Waals surface area contributed by atoms with Gasteiger partial charge in [-0.25, -0.2) is 13.6 Å². The summed E-state index contributed by atoms with van der Waals surface area (Å²) in [6.45, 7) is -2.74. The molecule has 2 aromatic rings. The van der Waals surface area contributed by atoms with E-state index in [1.807, 2.05) is 0 Å². The van der Waals surface area contributed by atoms with E-state index in [4.69, 9.17) is 9.56 Å². The monoisotopic (exact) mass is 318 g/mol. The number of sulfonamides is 1. The SMILES string of the molecule is NS(=O)(=O)c1ccc(CNc2cccc(OC(F)F)c2)o1.